The van der Waals surface area contributed by atoms with Crippen LogP contribution in [0.4, 0.5) is 17.1 Å². The maximum Gasteiger partial charge on any atom is 0.136 e. The van der Waals surface area contributed by atoms with Crippen molar-refractivity contribution >= 4 is 49.8 Å². The molecule has 0 radical (unpaired) electrons. The summed E-state index contributed by atoms with van der Waals surface area (Å²) >= 11 is 0. The maximum absolute atomic E-state index is 6.47. The second-order valence-corrected chi connectivity index (χ2v) is 19.7. The van der Waals surface area contributed by atoms with Crippen LogP contribution < -0.4 is 4.90 Å². The SMILES string of the molecule is CC1(C)c2ccccc2-c2cc(N(c3ccc(-c4ccc(C(C)(c5ccccc5)c5ccccc5)cc4)cc3)c3ccc4ccccc4c3-c3ccccc3-c3cccc4oc5ccccc5c34)ccc21. The first-order chi connectivity index (χ1) is 34.9. The molecule has 0 spiro atoms. The normalized spacial score (nSPS) is 12.8. The van der Waals surface area contributed by atoms with Gasteiger partial charge in [0.15, 0.2) is 0 Å². The van der Waals surface area contributed by atoms with Crippen molar-refractivity contribution in [2.75, 3.05) is 4.90 Å². The average Bonchev–Trinajstić information content (AvgIpc) is 3.93. The van der Waals surface area contributed by atoms with Crippen LogP contribution in [0, 0.1) is 0 Å². The third kappa shape index (κ3) is 6.85. The molecule has 0 aliphatic heterocycles. The maximum atomic E-state index is 6.47. The Balaban J connectivity index is 0.991. The van der Waals surface area contributed by atoms with Crippen LogP contribution in [-0.4, -0.2) is 0 Å². The minimum Gasteiger partial charge on any atom is -0.456 e. The summed E-state index contributed by atoms with van der Waals surface area (Å²) in [6.45, 7) is 7.05. The number of rotatable bonds is 9. The van der Waals surface area contributed by atoms with Gasteiger partial charge in [-0.3, -0.25) is 0 Å². The van der Waals surface area contributed by atoms with Crippen LogP contribution in [0.3, 0.4) is 0 Å². The van der Waals surface area contributed by atoms with E-state index in [2.05, 4.69) is 274 Å². The summed E-state index contributed by atoms with van der Waals surface area (Å²) in [5, 5.41) is 4.62. The molecule has 0 saturated heterocycles. The molecule has 0 amide bonds. The summed E-state index contributed by atoms with van der Waals surface area (Å²) in [6.07, 6.45) is 0. The van der Waals surface area contributed by atoms with Gasteiger partial charge in [0.1, 0.15) is 11.2 Å². The molecule has 13 rings (SSSR count). The Kier molecular flexibility index (Phi) is 10.0. The topological polar surface area (TPSA) is 16.4 Å². The highest BCUT2D eigenvalue weighted by Gasteiger charge is 2.36. The lowest BCUT2D eigenvalue weighted by molar-refractivity contribution is 0.660. The molecular weight excluding hydrogens is 859 g/mol. The molecule has 71 heavy (non-hydrogen) atoms. The van der Waals surface area contributed by atoms with Crippen LogP contribution in [0.1, 0.15) is 48.6 Å². The molecule has 0 N–H and O–H groups in total. The quantitative estimate of drug-likeness (QED) is 0.134. The summed E-state index contributed by atoms with van der Waals surface area (Å²) in [6, 6.07) is 93.4. The molecule has 0 bridgehead atoms. The van der Waals surface area contributed by atoms with E-state index >= 15 is 0 Å². The highest BCUT2D eigenvalue weighted by atomic mass is 16.3. The van der Waals surface area contributed by atoms with E-state index in [0.717, 1.165) is 61.3 Å². The van der Waals surface area contributed by atoms with Gasteiger partial charge >= 0.3 is 0 Å². The van der Waals surface area contributed by atoms with Crippen LogP contribution in [0.15, 0.2) is 259 Å². The Labute approximate surface area is 415 Å². The highest BCUT2D eigenvalue weighted by molar-refractivity contribution is 6.16. The van der Waals surface area contributed by atoms with Crippen LogP contribution in [-0.2, 0) is 10.8 Å². The third-order valence-electron chi connectivity index (χ3n) is 15.5. The molecule has 12 aromatic rings. The molecule has 338 valence electrons. The van der Waals surface area contributed by atoms with Crippen LogP contribution in [0.2, 0.25) is 0 Å². The summed E-state index contributed by atoms with van der Waals surface area (Å²) in [4.78, 5) is 2.48. The van der Waals surface area contributed by atoms with Crippen molar-refractivity contribution in [1.29, 1.82) is 0 Å². The lowest BCUT2D eigenvalue weighted by Gasteiger charge is -2.32. The standard InChI is InChI=1S/C69H51NO/c1-68(2)61-30-16-14-26-56(61)60-45-53(42-43-62(60)68)70(52-40-35-47(36-41-52)46-33-38-51(39-34-46)69(3,49-20-6-4-7-21-49)50-22-8-5-9-23-50)63-44-37-48-19-10-11-24-54(48)66(63)57-27-13-12-25-55(57)58-29-18-32-65-67(58)59-28-15-17-31-64(59)71-65/h4-45H,1-3H3. The van der Waals surface area contributed by atoms with Crippen LogP contribution in [0.5, 0.6) is 0 Å². The molecule has 1 aliphatic carbocycles. The molecule has 1 aromatic heterocycles. The van der Waals surface area contributed by atoms with Gasteiger partial charge in [0, 0.05) is 38.5 Å². The summed E-state index contributed by atoms with van der Waals surface area (Å²) in [7, 11) is 0. The molecule has 1 heterocycles. The molecular formula is C69H51NO. The van der Waals surface area contributed by atoms with Gasteiger partial charge in [-0.25, -0.2) is 0 Å². The van der Waals surface area contributed by atoms with E-state index < -0.39 is 0 Å². The molecule has 2 heteroatoms. The zero-order chi connectivity index (χ0) is 47.7. The smallest absolute Gasteiger partial charge is 0.136 e. The first-order valence-corrected chi connectivity index (χ1v) is 24.7. The molecule has 1 aliphatic rings. The van der Waals surface area contributed by atoms with Gasteiger partial charge < -0.3 is 9.32 Å². The summed E-state index contributed by atoms with van der Waals surface area (Å²) in [5.41, 5.74) is 20.7. The average molecular weight is 910 g/mol. The van der Waals surface area contributed by atoms with E-state index in [9.17, 15) is 0 Å². The second-order valence-electron chi connectivity index (χ2n) is 19.7. The predicted octanol–water partition coefficient (Wildman–Crippen LogP) is 18.9. The van der Waals surface area contributed by atoms with Gasteiger partial charge in [-0.2, -0.15) is 0 Å². The highest BCUT2D eigenvalue weighted by Crippen LogP contribution is 2.53. The van der Waals surface area contributed by atoms with Gasteiger partial charge in [0.25, 0.3) is 0 Å². The number of hydrogen-bond acceptors (Lipinski definition) is 2. The van der Waals surface area contributed by atoms with Gasteiger partial charge in [0.05, 0.1) is 5.69 Å². The fourth-order valence-corrected chi connectivity index (χ4v) is 11.8. The fourth-order valence-electron chi connectivity index (χ4n) is 11.8. The molecule has 0 atom stereocenters. The molecule has 0 fully saturated rings. The number of para-hydroxylation sites is 1. The Morgan fingerprint density at radius 2 is 0.915 bits per heavy atom. The van der Waals surface area contributed by atoms with E-state index in [-0.39, 0.29) is 10.8 Å². The Morgan fingerprint density at radius 3 is 1.65 bits per heavy atom. The van der Waals surface area contributed by atoms with Crippen molar-refractivity contribution < 1.29 is 4.42 Å². The Bertz CT molecular complexity index is 3920. The zero-order valence-electron chi connectivity index (χ0n) is 40.1. The molecule has 2 nitrogen and oxygen atoms in total. The first-order valence-electron chi connectivity index (χ1n) is 24.7. The molecule has 0 unspecified atom stereocenters. The Hall–Kier alpha value is -8.72. The van der Waals surface area contributed by atoms with Crippen molar-refractivity contribution in [2.24, 2.45) is 0 Å². The second kappa shape index (κ2) is 16.8. The minimum atomic E-state index is -0.313. The van der Waals surface area contributed by atoms with Crippen LogP contribution in [0.25, 0.3) is 77.2 Å². The van der Waals surface area contributed by atoms with Crippen molar-refractivity contribution in [2.45, 2.75) is 31.6 Å². The van der Waals surface area contributed by atoms with Crippen molar-refractivity contribution in [3.63, 3.8) is 0 Å². The third-order valence-corrected chi connectivity index (χ3v) is 15.5. The van der Waals surface area contributed by atoms with Gasteiger partial charge in [0.2, 0.25) is 0 Å². The summed E-state index contributed by atoms with van der Waals surface area (Å²) in [5.74, 6) is 0. The number of nitrogens with zero attached hydrogens (tertiary/aromatic N) is 1. The monoisotopic (exact) mass is 909 g/mol. The summed E-state index contributed by atoms with van der Waals surface area (Å²) < 4.78 is 6.47. The van der Waals surface area contributed by atoms with Crippen LogP contribution >= 0.6 is 0 Å². The zero-order valence-corrected chi connectivity index (χ0v) is 40.1. The minimum absolute atomic E-state index is 0.114. The predicted molar refractivity (Wildman–Crippen MR) is 298 cm³/mol. The van der Waals surface area contributed by atoms with E-state index in [1.165, 1.54) is 60.8 Å². The van der Waals surface area contributed by atoms with E-state index in [1.54, 1.807) is 0 Å². The van der Waals surface area contributed by atoms with Gasteiger partial charge in [-0.05, 0) is 127 Å². The number of benzene rings is 11. The number of anilines is 3. The van der Waals surface area contributed by atoms with Crippen molar-refractivity contribution in [3.05, 3.63) is 283 Å². The number of furan rings is 1. The van der Waals surface area contributed by atoms with E-state index in [4.69, 9.17) is 4.42 Å². The largest absolute Gasteiger partial charge is 0.456 e. The van der Waals surface area contributed by atoms with E-state index in [1.807, 2.05) is 6.07 Å². The van der Waals surface area contributed by atoms with Gasteiger partial charge in [-0.15, -0.1) is 0 Å². The van der Waals surface area contributed by atoms with Crippen molar-refractivity contribution in [1.82, 2.24) is 0 Å². The number of fused-ring (bicyclic) bond motifs is 7. The van der Waals surface area contributed by atoms with Crippen molar-refractivity contribution in [3.8, 4) is 44.5 Å². The van der Waals surface area contributed by atoms with Gasteiger partial charge in [-0.1, -0.05) is 226 Å². The molecule has 0 saturated carbocycles. The number of hydrogen-bond donors (Lipinski definition) is 0. The lowest BCUT2D eigenvalue weighted by Crippen LogP contribution is -2.25. The Morgan fingerprint density at radius 1 is 0.380 bits per heavy atom. The fraction of sp³-hybridized carbons (Fsp3) is 0.0725. The lowest BCUT2D eigenvalue weighted by atomic mass is 9.71. The van der Waals surface area contributed by atoms with E-state index in [0.29, 0.717) is 0 Å². The molecule has 11 aromatic carbocycles. The first kappa shape index (κ1) is 42.4.